The quantitative estimate of drug-likeness (QED) is 0.594. The van der Waals surface area contributed by atoms with Gasteiger partial charge in [-0.15, -0.1) is 0 Å². The second kappa shape index (κ2) is 9.40. The van der Waals surface area contributed by atoms with Crippen LogP contribution in [0.5, 0.6) is 0 Å². The van der Waals surface area contributed by atoms with E-state index < -0.39 is 0 Å². The van der Waals surface area contributed by atoms with Crippen molar-refractivity contribution in [2.45, 2.75) is 26.8 Å². The smallest absolute Gasteiger partial charge is 0.255 e. The van der Waals surface area contributed by atoms with Crippen molar-refractivity contribution < 1.29 is 4.74 Å². The fraction of sp³-hybridized carbons (Fsp3) is 0.455. The Labute approximate surface area is 181 Å². The number of pyridine rings is 2. The van der Waals surface area contributed by atoms with Gasteiger partial charge < -0.3 is 20.3 Å². The van der Waals surface area contributed by atoms with E-state index in [4.69, 9.17) is 4.74 Å². The van der Waals surface area contributed by atoms with Crippen molar-refractivity contribution in [3.8, 4) is 0 Å². The lowest BCUT2D eigenvalue weighted by atomic mass is 10.1. The second-order valence-electron chi connectivity index (χ2n) is 7.60. The number of ether oxygens (including phenoxy) is 1. The third-order valence-electron chi connectivity index (χ3n) is 5.70. The molecule has 1 aliphatic heterocycles. The Morgan fingerprint density at radius 1 is 1.19 bits per heavy atom. The van der Waals surface area contributed by atoms with Crippen molar-refractivity contribution in [2.24, 2.45) is 0 Å². The third-order valence-corrected chi connectivity index (χ3v) is 5.70. The molecule has 4 rings (SSSR count). The SMILES string of the molecule is CCc1c(C)c2cnc(Nc3ccc(N4CCNCC4)nc3)nc2n(CCOC)c1=O. The van der Waals surface area contributed by atoms with Crippen LogP contribution in [0.2, 0.25) is 0 Å². The van der Waals surface area contributed by atoms with E-state index >= 15 is 0 Å². The molecule has 164 valence electrons. The number of nitrogens with zero attached hydrogens (tertiary/aromatic N) is 5. The van der Waals surface area contributed by atoms with Gasteiger partial charge in [0.15, 0.2) is 0 Å². The van der Waals surface area contributed by atoms with Crippen LogP contribution in [0.4, 0.5) is 17.5 Å². The van der Waals surface area contributed by atoms with Gasteiger partial charge in [0.1, 0.15) is 11.5 Å². The van der Waals surface area contributed by atoms with Gasteiger partial charge in [0.25, 0.3) is 5.56 Å². The van der Waals surface area contributed by atoms with E-state index in [0.29, 0.717) is 31.2 Å². The van der Waals surface area contributed by atoms with Gasteiger partial charge in [-0.3, -0.25) is 9.36 Å². The van der Waals surface area contributed by atoms with Crippen LogP contribution in [0.15, 0.2) is 29.3 Å². The van der Waals surface area contributed by atoms with Gasteiger partial charge in [0, 0.05) is 50.4 Å². The minimum Gasteiger partial charge on any atom is -0.383 e. The van der Waals surface area contributed by atoms with Crippen LogP contribution in [0, 0.1) is 6.92 Å². The average Bonchev–Trinajstić information content (AvgIpc) is 2.80. The normalized spacial score (nSPS) is 14.2. The summed E-state index contributed by atoms with van der Waals surface area (Å²) in [6, 6.07) is 3.97. The number of hydrogen-bond acceptors (Lipinski definition) is 8. The van der Waals surface area contributed by atoms with Crippen LogP contribution in [0.1, 0.15) is 18.1 Å². The maximum Gasteiger partial charge on any atom is 0.255 e. The topological polar surface area (TPSA) is 97.2 Å². The van der Waals surface area contributed by atoms with E-state index in [0.717, 1.165) is 54.2 Å². The summed E-state index contributed by atoms with van der Waals surface area (Å²) in [4.78, 5) is 29.0. The summed E-state index contributed by atoms with van der Waals surface area (Å²) in [5, 5.41) is 7.44. The summed E-state index contributed by atoms with van der Waals surface area (Å²) in [6.45, 7) is 8.66. The minimum absolute atomic E-state index is 0.0174. The Bertz CT molecular complexity index is 1110. The maximum atomic E-state index is 13.0. The van der Waals surface area contributed by atoms with E-state index in [1.807, 2.05) is 26.0 Å². The lowest BCUT2D eigenvalue weighted by Crippen LogP contribution is -2.43. The number of fused-ring (bicyclic) bond motifs is 1. The van der Waals surface area contributed by atoms with Crippen molar-refractivity contribution in [3.63, 3.8) is 0 Å². The molecule has 0 saturated carbocycles. The highest BCUT2D eigenvalue weighted by molar-refractivity contribution is 5.80. The number of nitrogens with one attached hydrogen (secondary N) is 2. The molecule has 4 heterocycles. The van der Waals surface area contributed by atoms with Crippen LogP contribution >= 0.6 is 0 Å². The summed E-state index contributed by atoms with van der Waals surface area (Å²) in [7, 11) is 1.63. The highest BCUT2D eigenvalue weighted by Crippen LogP contribution is 2.21. The molecule has 1 aliphatic rings. The lowest BCUT2D eigenvalue weighted by Gasteiger charge is -2.28. The summed E-state index contributed by atoms with van der Waals surface area (Å²) >= 11 is 0. The first-order chi connectivity index (χ1) is 15.1. The van der Waals surface area contributed by atoms with Crippen molar-refractivity contribution in [1.82, 2.24) is 24.8 Å². The first-order valence-corrected chi connectivity index (χ1v) is 10.7. The molecular formula is C22H29N7O2. The molecule has 9 nitrogen and oxygen atoms in total. The summed E-state index contributed by atoms with van der Waals surface area (Å²) in [5.74, 6) is 1.39. The summed E-state index contributed by atoms with van der Waals surface area (Å²) in [5.41, 5.74) is 3.12. The van der Waals surface area contributed by atoms with Gasteiger partial charge in [-0.25, -0.2) is 9.97 Å². The van der Waals surface area contributed by atoms with Crippen molar-refractivity contribution in [3.05, 3.63) is 46.0 Å². The standard InChI is InChI=1S/C22H29N7O2/c1-4-17-15(2)18-14-25-22(27-20(18)29(21(17)30)11-12-31-3)26-16-5-6-19(24-13-16)28-9-7-23-8-10-28/h5-6,13-14,23H,4,7-12H2,1-3H3,(H,25,26,27). The summed E-state index contributed by atoms with van der Waals surface area (Å²) in [6.07, 6.45) is 4.23. The molecule has 0 amide bonds. The molecule has 31 heavy (non-hydrogen) atoms. The van der Waals surface area contributed by atoms with Gasteiger partial charge in [-0.1, -0.05) is 6.92 Å². The van der Waals surface area contributed by atoms with Crippen molar-refractivity contribution in [2.75, 3.05) is 50.1 Å². The summed E-state index contributed by atoms with van der Waals surface area (Å²) < 4.78 is 6.89. The number of rotatable bonds is 7. The Morgan fingerprint density at radius 3 is 2.68 bits per heavy atom. The van der Waals surface area contributed by atoms with Gasteiger partial charge in [0.2, 0.25) is 5.95 Å². The molecule has 0 aliphatic carbocycles. The molecule has 0 spiro atoms. The minimum atomic E-state index is -0.0174. The molecular weight excluding hydrogens is 394 g/mol. The molecule has 0 aromatic carbocycles. The molecule has 2 N–H and O–H groups in total. The highest BCUT2D eigenvalue weighted by Gasteiger charge is 2.16. The number of anilines is 3. The zero-order valence-corrected chi connectivity index (χ0v) is 18.3. The molecule has 0 radical (unpaired) electrons. The van der Waals surface area contributed by atoms with Gasteiger partial charge in [-0.05, 0) is 31.0 Å². The zero-order chi connectivity index (χ0) is 21.8. The number of piperazine rings is 1. The van der Waals surface area contributed by atoms with Crippen molar-refractivity contribution in [1.29, 1.82) is 0 Å². The number of hydrogen-bond donors (Lipinski definition) is 2. The van der Waals surface area contributed by atoms with E-state index in [-0.39, 0.29) is 5.56 Å². The van der Waals surface area contributed by atoms with Crippen LogP contribution in [0.25, 0.3) is 11.0 Å². The zero-order valence-electron chi connectivity index (χ0n) is 18.3. The van der Waals surface area contributed by atoms with E-state index in [9.17, 15) is 4.79 Å². The largest absolute Gasteiger partial charge is 0.383 e. The molecule has 1 fully saturated rings. The molecule has 9 heteroatoms. The predicted molar refractivity (Wildman–Crippen MR) is 122 cm³/mol. The number of aromatic nitrogens is 4. The van der Waals surface area contributed by atoms with Crippen LogP contribution in [0.3, 0.4) is 0 Å². The second-order valence-corrected chi connectivity index (χ2v) is 7.60. The Balaban J connectivity index is 1.64. The molecule has 0 atom stereocenters. The molecule has 3 aromatic rings. The van der Waals surface area contributed by atoms with E-state index in [1.54, 1.807) is 24.1 Å². The van der Waals surface area contributed by atoms with Gasteiger partial charge in [0.05, 0.1) is 25.0 Å². The first kappa shape index (κ1) is 21.2. The molecule has 0 bridgehead atoms. The number of aryl methyl sites for hydroxylation is 1. The monoisotopic (exact) mass is 423 g/mol. The van der Waals surface area contributed by atoms with E-state index in [2.05, 4.69) is 30.5 Å². The molecule has 0 unspecified atom stereocenters. The van der Waals surface area contributed by atoms with Gasteiger partial charge in [-0.2, -0.15) is 4.98 Å². The van der Waals surface area contributed by atoms with Gasteiger partial charge >= 0.3 is 0 Å². The maximum absolute atomic E-state index is 13.0. The van der Waals surface area contributed by atoms with Crippen molar-refractivity contribution >= 4 is 28.5 Å². The fourth-order valence-electron chi connectivity index (χ4n) is 3.96. The first-order valence-electron chi connectivity index (χ1n) is 10.7. The molecule has 1 saturated heterocycles. The Hall–Kier alpha value is -3.04. The average molecular weight is 424 g/mol. The van der Waals surface area contributed by atoms with Crippen LogP contribution < -0.4 is 21.1 Å². The van der Waals surface area contributed by atoms with Crippen LogP contribution in [-0.2, 0) is 17.7 Å². The fourth-order valence-corrected chi connectivity index (χ4v) is 3.96. The highest BCUT2D eigenvalue weighted by atomic mass is 16.5. The Morgan fingerprint density at radius 2 is 2.00 bits per heavy atom. The Kier molecular flexibility index (Phi) is 6.43. The number of methoxy groups -OCH3 is 1. The molecule has 3 aromatic heterocycles. The van der Waals surface area contributed by atoms with E-state index in [1.165, 1.54) is 0 Å². The predicted octanol–water partition coefficient (Wildman–Crippen LogP) is 1.86. The third kappa shape index (κ3) is 4.38. The van der Waals surface area contributed by atoms with Crippen LogP contribution in [-0.4, -0.2) is 59.4 Å². The lowest BCUT2D eigenvalue weighted by molar-refractivity contribution is 0.187.